The smallest absolute Gasteiger partial charge is 0.340 e. The van der Waals surface area contributed by atoms with Gasteiger partial charge in [0.2, 0.25) is 5.91 Å². The van der Waals surface area contributed by atoms with E-state index in [1.807, 2.05) is 0 Å². The maximum atomic E-state index is 12.2. The number of anilines is 1. The maximum Gasteiger partial charge on any atom is 0.340 e. The Hall–Kier alpha value is -1.88. The number of hydrogen-bond acceptors (Lipinski definition) is 4. The molecule has 0 aromatic heterocycles. The summed E-state index contributed by atoms with van der Waals surface area (Å²) in [6, 6.07) is 6.93. The summed E-state index contributed by atoms with van der Waals surface area (Å²) in [4.78, 5) is 24.0. The molecule has 2 N–H and O–H groups in total. The number of benzene rings is 1. The summed E-state index contributed by atoms with van der Waals surface area (Å²) in [6.07, 6.45) is 1.87. The lowest BCUT2D eigenvalue weighted by Gasteiger charge is -2.22. The van der Waals surface area contributed by atoms with Gasteiger partial charge in [0.1, 0.15) is 0 Å². The van der Waals surface area contributed by atoms with Crippen molar-refractivity contribution < 1.29 is 14.3 Å². The molecule has 1 aliphatic rings. The number of carbonyl (C=O) groups is 2. The third-order valence-corrected chi connectivity index (χ3v) is 3.35. The summed E-state index contributed by atoms with van der Waals surface area (Å²) in [5, 5.41) is 6.05. The SMILES string of the molecule is CCOC(=O)c1ccccc1NC(=O)[C@H]1CCCNC1. The van der Waals surface area contributed by atoms with Crippen molar-refractivity contribution in [2.75, 3.05) is 25.0 Å². The van der Waals surface area contributed by atoms with Gasteiger partial charge in [-0.2, -0.15) is 0 Å². The molecule has 1 atom stereocenters. The molecule has 1 aromatic carbocycles. The second-order valence-corrected chi connectivity index (χ2v) is 4.80. The molecule has 108 valence electrons. The first-order valence-corrected chi connectivity index (χ1v) is 7.00. The van der Waals surface area contributed by atoms with Crippen LogP contribution in [0.5, 0.6) is 0 Å². The molecule has 1 amide bonds. The molecule has 1 heterocycles. The lowest BCUT2D eigenvalue weighted by atomic mass is 9.98. The van der Waals surface area contributed by atoms with Crippen molar-refractivity contribution in [3.05, 3.63) is 29.8 Å². The van der Waals surface area contributed by atoms with Crippen LogP contribution in [0.2, 0.25) is 0 Å². The van der Waals surface area contributed by atoms with Crippen LogP contribution in [0.4, 0.5) is 5.69 Å². The van der Waals surface area contributed by atoms with Gasteiger partial charge in [0, 0.05) is 6.54 Å². The molecule has 0 saturated carbocycles. The van der Waals surface area contributed by atoms with Gasteiger partial charge in [0.25, 0.3) is 0 Å². The Morgan fingerprint density at radius 2 is 2.20 bits per heavy atom. The molecule has 0 aliphatic carbocycles. The summed E-state index contributed by atoms with van der Waals surface area (Å²) < 4.78 is 4.99. The number of piperidine rings is 1. The molecule has 0 spiro atoms. The molecule has 1 aliphatic heterocycles. The molecule has 0 radical (unpaired) electrons. The Morgan fingerprint density at radius 3 is 2.90 bits per heavy atom. The van der Waals surface area contributed by atoms with Crippen molar-refractivity contribution >= 4 is 17.6 Å². The highest BCUT2D eigenvalue weighted by Gasteiger charge is 2.22. The fourth-order valence-corrected chi connectivity index (χ4v) is 2.29. The van der Waals surface area contributed by atoms with E-state index in [-0.39, 0.29) is 11.8 Å². The summed E-state index contributed by atoms with van der Waals surface area (Å²) >= 11 is 0. The highest BCUT2D eigenvalue weighted by atomic mass is 16.5. The molecule has 5 heteroatoms. The highest BCUT2D eigenvalue weighted by molar-refractivity contribution is 6.01. The minimum absolute atomic E-state index is 0.0426. The summed E-state index contributed by atoms with van der Waals surface area (Å²) in [7, 11) is 0. The molecular weight excluding hydrogens is 256 g/mol. The van der Waals surface area contributed by atoms with E-state index in [9.17, 15) is 9.59 Å². The van der Waals surface area contributed by atoms with Crippen LogP contribution < -0.4 is 10.6 Å². The fraction of sp³-hybridized carbons (Fsp3) is 0.467. The zero-order chi connectivity index (χ0) is 14.4. The van der Waals surface area contributed by atoms with E-state index in [4.69, 9.17) is 4.74 Å². The predicted molar refractivity (Wildman–Crippen MR) is 76.6 cm³/mol. The molecule has 1 aromatic rings. The highest BCUT2D eigenvalue weighted by Crippen LogP contribution is 2.19. The summed E-state index contributed by atoms with van der Waals surface area (Å²) in [5.74, 6) is -0.502. The number of carbonyl (C=O) groups excluding carboxylic acids is 2. The van der Waals surface area contributed by atoms with Crippen molar-refractivity contribution in [2.45, 2.75) is 19.8 Å². The monoisotopic (exact) mass is 276 g/mol. The van der Waals surface area contributed by atoms with Crippen molar-refractivity contribution in [2.24, 2.45) is 5.92 Å². The summed E-state index contributed by atoms with van der Waals surface area (Å²) in [5.41, 5.74) is 0.910. The Bertz CT molecular complexity index is 482. The number of rotatable bonds is 4. The van der Waals surface area contributed by atoms with E-state index in [0.29, 0.717) is 24.4 Å². The zero-order valence-corrected chi connectivity index (χ0v) is 11.6. The molecule has 20 heavy (non-hydrogen) atoms. The minimum Gasteiger partial charge on any atom is -0.462 e. The number of nitrogens with one attached hydrogen (secondary N) is 2. The van der Waals surface area contributed by atoms with Crippen molar-refractivity contribution in [3.63, 3.8) is 0 Å². The van der Waals surface area contributed by atoms with Gasteiger partial charge in [0.15, 0.2) is 0 Å². The normalized spacial score (nSPS) is 18.4. The molecular formula is C15H20N2O3. The minimum atomic E-state index is -0.412. The Morgan fingerprint density at radius 1 is 1.40 bits per heavy atom. The topological polar surface area (TPSA) is 67.4 Å². The van der Waals surface area contributed by atoms with Gasteiger partial charge >= 0.3 is 5.97 Å². The van der Waals surface area contributed by atoms with Crippen LogP contribution in [-0.2, 0) is 9.53 Å². The van der Waals surface area contributed by atoms with Crippen molar-refractivity contribution in [1.29, 1.82) is 0 Å². The van der Waals surface area contributed by atoms with Crippen LogP contribution in [0.15, 0.2) is 24.3 Å². The van der Waals surface area contributed by atoms with E-state index in [1.54, 1.807) is 31.2 Å². The van der Waals surface area contributed by atoms with Crippen molar-refractivity contribution in [3.8, 4) is 0 Å². The molecule has 1 fully saturated rings. The average molecular weight is 276 g/mol. The number of amides is 1. The Labute approximate surface area is 118 Å². The lowest BCUT2D eigenvalue weighted by molar-refractivity contribution is -0.120. The van der Waals surface area contributed by atoms with Crippen LogP contribution in [-0.4, -0.2) is 31.6 Å². The third kappa shape index (κ3) is 3.57. The van der Waals surface area contributed by atoms with Crippen LogP contribution >= 0.6 is 0 Å². The Balaban J connectivity index is 2.08. The van der Waals surface area contributed by atoms with Crippen molar-refractivity contribution in [1.82, 2.24) is 5.32 Å². The van der Waals surface area contributed by atoms with Gasteiger partial charge in [-0.05, 0) is 38.4 Å². The Kier molecular flexibility index (Phi) is 5.12. The molecule has 2 rings (SSSR count). The van der Waals surface area contributed by atoms with E-state index < -0.39 is 5.97 Å². The molecule has 5 nitrogen and oxygen atoms in total. The largest absolute Gasteiger partial charge is 0.462 e. The zero-order valence-electron chi connectivity index (χ0n) is 11.6. The van der Waals surface area contributed by atoms with Gasteiger partial charge in [-0.3, -0.25) is 4.79 Å². The number of para-hydroxylation sites is 1. The first-order chi connectivity index (χ1) is 9.72. The van der Waals surface area contributed by atoms with E-state index in [0.717, 1.165) is 19.4 Å². The van der Waals surface area contributed by atoms with Gasteiger partial charge in [-0.1, -0.05) is 12.1 Å². The predicted octanol–water partition coefficient (Wildman–Crippen LogP) is 1.80. The quantitative estimate of drug-likeness (QED) is 0.823. The average Bonchev–Trinajstić information content (AvgIpc) is 2.49. The van der Waals surface area contributed by atoms with E-state index >= 15 is 0 Å². The van der Waals surface area contributed by atoms with Gasteiger partial charge in [0.05, 0.1) is 23.8 Å². The van der Waals surface area contributed by atoms with Gasteiger partial charge in [-0.25, -0.2) is 4.79 Å². The van der Waals surface area contributed by atoms with Crippen LogP contribution in [0.1, 0.15) is 30.1 Å². The maximum absolute atomic E-state index is 12.2. The standard InChI is InChI=1S/C15H20N2O3/c1-2-20-15(19)12-7-3-4-8-13(12)17-14(18)11-6-5-9-16-10-11/h3-4,7-8,11,16H,2,5-6,9-10H2,1H3,(H,17,18)/t11-/m0/s1. The number of ether oxygens (including phenoxy) is 1. The molecule has 1 saturated heterocycles. The lowest BCUT2D eigenvalue weighted by Crippen LogP contribution is -2.37. The van der Waals surface area contributed by atoms with Crippen LogP contribution in [0.3, 0.4) is 0 Å². The van der Waals surface area contributed by atoms with Crippen LogP contribution in [0, 0.1) is 5.92 Å². The van der Waals surface area contributed by atoms with Gasteiger partial charge < -0.3 is 15.4 Å². The van der Waals surface area contributed by atoms with E-state index in [1.165, 1.54) is 0 Å². The van der Waals surface area contributed by atoms with Gasteiger partial charge in [-0.15, -0.1) is 0 Å². The van der Waals surface area contributed by atoms with Crippen LogP contribution in [0.25, 0.3) is 0 Å². The fourth-order valence-electron chi connectivity index (χ4n) is 2.29. The number of hydrogen-bond donors (Lipinski definition) is 2. The third-order valence-electron chi connectivity index (χ3n) is 3.35. The van der Waals surface area contributed by atoms with E-state index in [2.05, 4.69) is 10.6 Å². The summed E-state index contributed by atoms with van der Waals surface area (Å²) in [6.45, 7) is 3.72. The molecule has 0 bridgehead atoms. The first-order valence-electron chi connectivity index (χ1n) is 7.00. The number of esters is 1. The second kappa shape index (κ2) is 7.05. The second-order valence-electron chi connectivity index (χ2n) is 4.80. The molecule has 0 unspecified atom stereocenters. The first kappa shape index (κ1) is 14.5.